The summed E-state index contributed by atoms with van der Waals surface area (Å²) in [6, 6.07) is 0. The topological polar surface area (TPSA) is 160 Å². The summed E-state index contributed by atoms with van der Waals surface area (Å²) < 4.78 is 0. The van der Waals surface area contributed by atoms with Crippen molar-refractivity contribution in [1.82, 2.24) is 21.3 Å². The van der Waals surface area contributed by atoms with Crippen LogP contribution in [0.15, 0.2) is 0 Å². The summed E-state index contributed by atoms with van der Waals surface area (Å²) in [6.45, 7) is 0. The zero-order valence-electron chi connectivity index (χ0n) is 5.67. The van der Waals surface area contributed by atoms with Crippen LogP contribution in [0.5, 0.6) is 0 Å². The molecule has 1 aromatic rings. The van der Waals surface area contributed by atoms with Crippen LogP contribution in [0.25, 0.3) is 0 Å². The van der Waals surface area contributed by atoms with Gasteiger partial charge in [-0.1, -0.05) is 5.10 Å². The van der Waals surface area contributed by atoms with Crippen LogP contribution in [0.4, 0.5) is 11.9 Å². The van der Waals surface area contributed by atoms with Crippen molar-refractivity contribution < 1.29 is 15.1 Å². The van der Waals surface area contributed by atoms with E-state index in [2.05, 4.69) is 10.1 Å². The molecule has 0 aliphatic rings. The minimum Gasteiger partial charge on any atom is -0.390 e. The van der Waals surface area contributed by atoms with Crippen LogP contribution >= 0.6 is 0 Å². The Hall–Kier alpha value is -2.10. The fraction of sp³-hybridized carbons (Fsp3) is 0. The Labute approximate surface area is 64.5 Å². The largest absolute Gasteiger partial charge is 0.548 e. The van der Waals surface area contributed by atoms with Gasteiger partial charge >= 0.3 is 11.9 Å². The summed E-state index contributed by atoms with van der Waals surface area (Å²) in [4.78, 5) is 21.3. The van der Waals surface area contributed by atoms with Gasteiger partial charge in [0.05, 0.1) is 5.10 Å². The highest BCUT2D eigenvalue weighted by atomic mass is 16.6. The predicted molar refractivity (Wildman–Crippen MR) is 33.1 cm³/mol. The SMILES string of the molecule is N.O=[N+]([O-])c1nc([N+](=O)O)n[nH]1. The molecule has 5 N–H and O–H groups in total. The Morgan fingerprint density at radius 2 is 2.08 bits per heavy atom. The third-order valence-corrected chi connectivity index (χ3v) is 0.806. The van der Waals surface area contributed by atoms with Crippen molar-refractivity contribution in [2.75, 3.05) is 0 Å². The Balaban J connectivity index is 0.00000121. The van der Waals surface area contributed by atoms with Crippen molar-refractivity contribution in [2.24, 2.45) is 0 Å². The monoisotopic (exact) mass is 177 g/mol. The van der Waals surface area contributed by atoms with Crippen molar-refractivity contribution in [1.29, 1.82) is 0 Å². The first-order valence-corrected chi connectivity index (χ1v) is 2.34. The highest BCUT2D eigenvalue weighted by molar-refractivity contribution is 5.10. The molecular formula is C2H5N6O4+. The molecule has 0 amide bonds. The van der Waals surface area contributed by atoms with Gasteiger partial charge in [-0.25, -0.2) is 0 Å². The van der Waals surface area contributed by atoms with Gasteiger partial charge in [-0.3, -0.25) is 0 Å². The van der Waals surface area contributed by atoms with Crippen LogP contribution in [0, 0.1) is 15.0 Å². The first kappa shape index (κ1) is 9.90. The highest BCUT2D eigenvalue weighted by Crippen LogP contribution is 2.05. The van der Waals surface area contributed by atoms with Crippen molar-refractivity contribution in [3.05, 3.63) is 15.0 Å². The number of nitro groups is 1. The lowest BCUT2D eigenvalue weighted by Gasteiger charge is -1.81. The molecule has 0 fully saturated rings. The van der Waals surface area contributed by atoms with Gasteiger partial charge in [-0.05, 0) is 9.83 Å². The van der Waals surface area contributed by atoms with Gasteiger partial charge < -0.3 is 21.5 Å². The van der Waals surface area contributed by atoms with Crippen LogP contribution in [-0.2, 0) is 0 Å². The Morgan fingerprint density at radius 1 is 1.50 bits per heavy atom. The van der Waals surface area contributed by atoms with E-state index >= 15 is 0 Å². The average Bonchev–Trinajstić information content (AvgIpc) is 2.33. The quantitative estimate of drug-likeness (QED) is 0.411. The predicted octanol–water partition coefficient (Wildman–Crippen LogP) is -0.326. The lowest BCUT2D eigenvalue weighted by molar-refractivity contribution is -0.734. The number of H-pyrrole nitrogens is 1. The van der Waals surface area contributed by atoms with Crippen molar-refractivity contribution >= 4 is 11.9 Å². The molecule has 10 heteroatoms. The van der Waals surface area contributed by atoms with Crippen LogP contribution in [0.1, 0.15) is 0 Å². The van der Waals surface area contributed by atoms with E-state index < -0.39 is 21.7 Å². The molecule has 12 heavy (non-hydrogen) atoms. The fourth-order valence-corrected chi connectivity index (χ4v) is 0.412. The van der Waals surface area contributed by atoms with Gasteiger partial charge in [0.2, 0.25) is 0 Å². The zero-order chi connectivity index (χ0) is 8.43. The fourth-order valence-electron chi connectivity index (χ4n) is 0.412. The highest BCUT2D eigenvalue weighted by Gasteiger charge is 2.24. The number of aromatic nitrogens is 3. The molecule has 0 unspecified atom stereocenters. The molecule has 0 saturated heterocycles. The van der Waals surface area contributed by atoms with E-state index in [0.717, 1.165) is 0 Å². The molecule has 0 aromatic carbocycles. The molecule has 1 heterocycles. The smallest absolute Gasteiger partial charge is 0.390 e. The average molecular weight is 177 g/mol. The number of hydrogen-bond donors (Lipinski definition) is 3. The molecule has 0 atom stereocenters. The van der Waals surface area contributed by atoms with Crippen molar-refractivity contribution in [3.63, 3.8) is 0 Å². The first-order valence-electron chi connectivity index (χ1n) is 2.34. The zero-order valence-corrected chi connectivity index (χ0v) is 5.67. The van der Waals surface area contributed by atoms with E-state index in [1.165, 1.54) is 0 Å². The number of aromatic amines is 1. The maximum atomic E-state index is 9.99. The second kappa shape index (κ2) is 3.34. The number of nitrogens with zero attached hydrogens (tertiary/aromatic N) is 4. The maximum Gasteiger partial charge on any atom is 0.548 e. The van der Waals surface area contributed by atoms with Gasteiger partial charge in [-0.15, -0.1) is 0 Å². The second-order valence-corrected chi connectivity index (χ2v) is 1.49. The van der Waals surface area contributed by atoms with Gasteiger partial charge in [0.1, 0.15) is 0 Å². The Bertz CT molecular complexity index is 276. The molecule has 0 aliphatic carbocycles. The lowest BCUT2D eigenvalue weighted by Crippen LogP contribution is -1.94. The van der Waals surface area contributed by atoms with Gasteiger partial charge in [-0.2, -0.15) is 0 Å². The third kappa shape index (κ3) is 1.69. The van der Waals surface area contributed by atoms with E-state index in [-0.39, 0.29) is 6.15 Å². The summed E-state index contributed by atoms with van der Waals surface area (Å²) in [5.74, 6) is -1.40. The van der Waals surface area contributed by atoms with Crippen molar-refractivity contribution in [3.8, 4) is 0 Å². The van der Waals surface area contributed by atoms with Crippen LogP contribution in [0.2, 0.25) is 0 Å². The number of hydrogen-bond acceptors (Lipinski definition) is 6. The molecule has 0 bridgehead atoms. The number of nitrogens with one attached hydrogen (secondary N) is 1. The molecule has 0 spiro atoms. The van der Waals surface area contributed by atoms with Gasteiger partial charge in [0, 0.05) is 4.98 Å². The van der Waals surface area contributed by atoms with Crippen molar-refractivity contribution in [2.45, 2.75) is 0 Å². The third-order valence-electron chi connectivity index (χ3n) is 0.806. The summed E-state index contributed by atoms with van der Waals surface area (Å²) in [5.41, 5.74) is 0. The summed E-state index contributed by atoms with van der Waals surface area (Å²) in [6.07, 6.45) is 0. The second-order valence-electron chi connectivity index (χ2n) is 1.49. The molecule has 0 radical (unpaired) electrons. The Kier molecular flexibility index (Phi) is 2.75. The molecule has 66 valence electrons. The molecule has 0 saturated carbocycles. The molecule has 1 aromatic heterocycles. The van der Waals surface area contributed by atoms with Gasteiger partial charge in [0.15, 0.2) is 4.92 Å². The van der Waals surface area contributed by atoms with E-state index in [1.54, 1.807) is 0 Å². The normalized spacial score (nSPS) is 8.67. The standard InChI is InChI=1S/C2H2N5O4.H3N/c8-6(9)1-3-2(5-4-1)7(10)11;/h(H,8,9)(H,3,4,5);1H3/q+1;. The number of rotatable bonds is 2. The summed E-state index contributed by atoms with van der Waals surface area (Å²) in [7, 11) is 0. The lowest BCUT2D eigenvalue weighted by atomic mass is 11.0. The van der Waals surface area contributed by atoms with Crippen LogP contribution in [-0.4, -0.2) is 30.2 Å². The van der Waals surface area contributed by atoms with E-state index in [1.807, 2.05) is 5.10 Å². The summed E-state index contributed by atoms with van der Waals surface area (Å²) >= 11 is 0. The van der Waals surface area contributed by atoms with Gasteiger partial charge in [0.25, 0.3) is 0 Å². The van der Waals surface area contributed by atoms with Crippen LogP contribution in [0.3, 0.4) is 0 Å². The minimum absolute atomic E-state index is 0. The minimum atomic E-state index is -0.875. The summed E-state index contributed by atoms with van der Waals surface area (Å²) in [5, 5.41) is 22.9. The van der Waals surface area contributed by atoms with E-state index in [0.29, 0.717) is 0 Å². The molecule has 10 nitrogen and oxygen atoms in total. The van der Waals surface area contributed by atoms with E-state index in [9.17, 15) is 15.0 Å². The Morgan fingerprint density at radius 3 is 2.33 bits per heavy atom. The molecule has 1 rings (SSSR count). The molecule has 0 aliphatic heterocycles. The van der Waals surface area contributed by atoms with Crippen LogP contribution < -0.4 is 6.15 Å². The van der Waals surface area contributed by atoms with E-state index in [4.69, 9.17) is 5.21 Å². The first-order chi connectivity index (χ1) is 5.11. The maximum absolute atomic E-state index is 9.99. The molecular weight excluding hydrogens is 172 g/mol.